The summed E-state index contributed by atoms with van der Waals surface area (Å²) in [4.78, 5) is 15.1. The number of hydrogen-bond acceptors (Lipinski definition) is 4. The molecule has 5 heteroatoms. The number of nitrogens with zero attached hydrogens (tertiary/aromatic N) is 1. The molecule has 1 N–H and O–H groups in total. The molecule has 0 unspecified atom stereocenters. The van der Waals surface area contributed by atoms with Crippen LogP contribution in [0.3, 0.4) is 0 Å². The molecular formula is C15H15NO4. The van der Waals surface area contributed by atoms with E-state index in [1.807, 2.05) is 24.3 Å². The minimum Gasteiger partial charge on any atom is -0.497 e. The van der Waals surface area contributed by atoms with E-state index >= 15 is 0 Å². The molecule has 0 aliphatic heterocycles. The maximum atomic E-state index is 11.1. The Morgan fingerprint density at radius 1 is 1.30 bits per heavy atom. The van der Waals surface area contributed by atoms with E-state index in [4.69, 9.17) is 14.6 Å². The summed E-state index contributed by atoms with van der Waals surface area (Å²) in [5.41, 5.74) is 1.45. The third-order valence-electron chi connectivity index (χ3n) is 2.73. The van der Waals surface area contributed by atoms with E-state index in [0.29, 0.717) is 5.69 Å². The number of benzene rings is 1. The molecule has 104 valence electrons. The van der Waals surface area contributed by atoms with E-state index in [-0.39, 0.29) is 18.1 Å². The van der Waals surface area contributed by atoms with E-state index in [1.165, 1.54) is 0 Å². The number of aryl methyl sites for hydroxylation is 1. The van der Waals surface area contributed by atoms with E-state index in [1.54, 1.807) is 26.2 Å². The van der Waals surface area contributed by atoms with Crippen LogP contribution in [0.1, 0.15) is 21.7 Å². The fraction of sp³-hybridized carbons (Fsp3) is 0.200. The van der Waals surface area contributed by atoms with Crippen LogP contribution in [0.15, 0.2) is 36.4 Å². The molecule has 20 heavy (non-hydrogen) atoms. The first-order valence-corrected chi connectivity index (χ1v) is 6.07. The van der Waals surface area contributed by atoms with Crippen LogP contribution in [0.4, 0.5) is 0 Å². The lowest BCUT2D eigenvalue weighted by Gasteiger charge is -2.10. The summed E-state index contributed by atoms with van der Waals surface area (Å²) in [6.45, 7) is 1.99. The molecule has 1 aromatic carbocycles. The third-order valence-corrected chi connectivity index (χ3v) is 2.73. The van der Waals surface area contributed by atoms with E-state index < -0.39 is 5.97 Å². The number of aromatic carboxylic acids is 1. The van der Waals surface area contributed by atoms with Gasteiger partial charge in [0.1, 0.15) is 12.4 Å². The monoisotopic (exact) mass is 273 g/mol. The normalized spacial score (nSPS) is 10.1. The number of ether oxygens (including phenoxy) is 2. The van der Waals surface area contributed by atoms with Gasteiger partial charge in [-0.25, -0.2) is 9.78 Å². The molecule has 0 saturated carbocycles. The van der Waals surface area contributed by atoms with E-state index in [2.05, 4.69) is 4.98 Å². The van der Waals surface area contributed by atoms with Gasteiger partial charge in [-0.05, 0) is 36.8 Å². The lowest BCUT2D eigenvalue weighted by Crippen LogP contribution is -2.06. The van der Waals surface area contributed by atoms with Crippen molar-refractivity contribution < 1.29 is 19.4 Å². The fourth-order valence-electron chi connectivity index (χ4n) is 1.74. The van der Waals surface area contributed by atoms with Gasteiger partial charge in [0.2, 0.25) is 0 Å². The standard InChI is InChI=1S/C15H15NO4/c1-10-6-7-13(14(16-10)15(17)18)20-9-11-4-3-5-12(8-11)19-2/h3-8H,9H2,1-2H3,(H,17,18). The number of methoxy groups -OCH3 is 1. The molecule has 0 fully saturated rings. The fourth-order valence-corrected chi connectivity index (χ4v) is 1.74. The predicted molar refractivity (Wildman–Crippen MR) is 73.3 cm³/mol. The van der Waals surface area contributed by atoms with E-state index in [0.717, 1.165) is 11.3 Å². The topological polar surface area (TPSA) is 68.7 Å². The SMILES string of the molecule is COc1cccc(COc2ccc(C)nc2C(=O)O)c1. The average molecular weight is 273 g/mol. The number of rotatable bonds is 5. The number of aromatic nitrogens is 1. The van der Waals surface area contributed by atoms with Crippen LogP contribution in [0.5, 0.6) is 11.5 Å². The summed E-state index contributed by atoms with van der Waals surface area (Å²) in [6.07, 6.45) is 0. The van der Waals surface area contributed by atoms with Gasteiger partial charge in [0, 0.05) is 5.69 Å². The Kier molecular flexibility index (Phi) is 4.20. The summed E-state index contributed by atoms with van der Waals surface area (Å²) in [6, 6.07) is 10.7. The number of hydrogen-bond donors (Lipinski definition) is 1. The first-order valence-electron chi connectivity index (χ1n) is 6.07. The molecule has 0 bridgehead atoms. The maximum absolute atomic E-state index is 11.1. The van der Waals surface area contributed by atoms with Gasteiger partial charge in [0.15, 0.2) is 11.4 Å². The van der Waals surface area contributed by atoms with E-state index in [9.17, 15) is 4.79 Å². The van der Waals surface area contributed by atoms with Crippen LogP contribution in [-0.2, 0) is 6.61 Å². The Bertz CT molecular complexity index is 625. The molecule has 2 rings (SSSR count). The molecule has 1 aromatic heterocycles. The Labute approximate surface area is 116 Å². The molecule has 0 aliphatic rings. The molecular weight excluding hydrogens is 258 g/mol. The first-order chi connectivity index (χ1) is 9.60. The van der Waals surface area contributed by atoms with Crippen molar-refractivity contribution in [3.63, 3.8) is 0 Å². The third kappa shape index (κ3) is 3.26. The largest absolute Gasteiger partial charge is 0.497 e. The second-order valence-electron chi connectivity index (χ2n) is 4.24. The van der Waals surface area contributed by atoms with Gasteiger partial charge in [-0.15, -0.1) is 0 Å². The van der Waals surface area contributed by atoms with Crippen molar-refractivity contribution in [2.75, 3.05) is 7.11 Å². The molecule has 0 saturated heterocycles. The quantitative estimate of drug-likeness (QED) is 0.907. The van der Waals surface area contributed by atoms with Gasteiger partial charge >= 0.3 is 5.97 Å². The zero-order valence-electron chi connectivity index (χ0n) is 11.3. The second-order valence-corrected chi connectivity index (χ2v) is 4.24. The lowest BCUT2D eigenvalue weighted by atomic mass is 10.2. The number of carbonyl (C=O) groups is 1. The van der Waals surface area contributed by atoms with Crippen molar-refractivity contribution in [2.45, 2.75) is 13.5 Å². The Hall–Kier alpha value is -2.56. The van der Waals surface area contributed by atoms with Crippen molar-refractivity contribution in [3.05, 3.63) is 53.3 Å². The highest BCUT2D eigenvalue weighted by Crippen LogP contribution is 2.20. The molecule has 0 spiro atoms. The van der Waals surface area contributed by atoms with Gasteiger partial charge in [-0.3, -0.25) is 0 Å². The summed E-state index contributed by atoms with van der Waals surface area (Å²) >= 11 is 0. The Morgan fingerprint density at radius 3 is 2.80 bits per heavy atom. The minimum absolute atomic E-state index is 0.0760. The van der Waals surface area contributed by atoms with Crippen molar-refractivity contribution in [1.29, 1.82) is 0 Å². The summed E-state index contributed by atoms with van der Waals surface area (Å²) in [5.74, 6) is -0.119. The highest BCUT2D eigenvalue weighted by atomic mass is 16.5. The zero-order valence-corrected chi connectivity index (χ0v) is 11.3. The predicted octanol–water partition coefficient (Wildman–Crippen LogP) is 2.68. The molecule has 0 amide bonds. The van der Waals surface area contributed by atoms with Gasteiger partial charge in [0.25, 0.3) is 0 Å². The molecule has 0 radical (unpaired) electrons. The molecule has 1 heterocycles. The van der Waals surface area contributed by atoms with Crippen LogP contribution in [0.25, 0.3) is 0 Å². The molecule has 2 aromatic rings. The molecule has 5 nitrogen and oxygen atoms in total. The lowest BCUT2D eigenvalue weighted by molar-refractivity contribution is 0.0684. The zero-order chi connectivity index (χ0) is 14.5. The number of carboxylic acid groups (broad SMARTS) is 1. The van der Waals surface area contributed by atoms with Crippen LogP contribution in [-0.4, -0.2) is 23.2 Å². The summed E-state index contributed by atoms with van der Waals surface area (Å²) < 4.78 is 10.7. The average Bonchev–Trinajstić information content (AvgIpc) is 2.46. The van der Waals surface area contributed by atoms with Crippen LogP contribution in [0, 0.1) is 6.92 Å². The summed E-state index contributed by atoms with van der Waals surface area (Å²) in [7, 11) is 1.59. The second kappa shape index (κ2) is 6.06. The highest BCUT2D eigenvalue weighted by molar-refractivity contribution is 5.88. The smallest absolute Gasteiger partial charge is 0.358 e. The maximum Gasteiger partial charge on any atom is 0.358 e. The van der Waals surface area contributed by atoms with Crippen molar-refractivity contribution in [1.82, 2.24) is 4.98 Å². The molecule has 0 atom stereocenters. The van der Waals surface area contributed by atoms with Gasteiger partial charge in [-0.2, -0.15) is 0 Å². The van der Waals surface area contributed by atoms with Crippen molar-refractivity contribution >= 4 is 5.97 Å². The van der Waals surface area contributed by atoms with Crippen molar-refractivity contribution in [3.8, 4) is 11.5 Å². The summed E-state index contributed by atoms with van der Waals surface area (Å²) in [5, 5.41) is 9.11. The van der Waals surface area contributed by atoms with Crippen LogP contribution < -0.4 is 9.47 Å². The van der Waals surface area contributed by atoms with Gasteiger partial charge in [0.05, 0.1) is 7.11 Å². The van der Waals surface area contributed by atoms with Gasteiger partial charge < -0.3 is 14.6 Å². The number of carboxylic acids is 1. The van der Waals surface area contributed by atoms with Crippen LogP contribution in [0.2, 0.25) is 0 Å². The van der Waals surface area contributed by atoms with Gasteiger partial charge in [-0.1, -0.05) is 12.1 Å². The highest BCUT2D eigenvalue weighted by Gasteiger charge is 2.13. The van der Waals surface area contributed by atoms with Crippen LogP contribution >= 0.6 is 0 Å². The number of pyridine rings is 1. The molecule has 0 aliphatic carbocycles. The minimum atomic E-state index is -1.10. The Balaban J connectivity index is 2.16. The van der Waals surface area contributed by atoms with Crippen molar-refractivity contribution in [2.24, 2.45) is 0 Å². The first kappa shape index (κ1) is 13.9. The Morgan fingerprint density at radius 2 is 2.10 bits per heavy atom.